The minimum atomic E-state index is -0.619. The van der Waals surface area contributed by atoms with Crippen LogP contribution in [0, 0.1) is 0 Å². The van der Waals surface area contributed by atoms with Crippen LogP contribution in [-0.2, 0) is 33.9 Å². The Morgan fingerprint density at radius 3 is 2.61 bits per heavy atom. The number of aryl methyl sites for hydroxylation is 1. The first-order chi connectivity index (χ1) is 17.2. The highest BCUT2D eigenvalue weighted by Crippen LogP contribution is 2.31. The Kier molecular flexibility index (Phi) is 8.32. The molecule has 0 aromatic heterocycles. The maximum atomic E-state index is 13.2. The number of rotatable bonds is 7. The molecular formula is C29H38N2O5. The number of amides is 2. The van der Waals surface area contributed by atoms with E-state index in [0.717, 1.165) is 36.0 Å². The molecule has 0 radical (unpaired) electrons. The van der Waals surface area contributed by atoms with Gasteiger partial charge in [-0.05, 0) is 68.7 Å². The van der Waals surface area contributed by atoms with E-state index in [0.29, 0.717) is 19.6 Å². The predicted octanol–water partition coefficient (Wildman–Crippen LogP) is 4.66. The summed E-state index contributed by atoms with van der Waals surface area (Å²) in [5, 5.41) is 12.7. The molecule has 0 bridgehead atoms. The number of nitrogens with zero attached hydrogens (tertiary/aromatic N) is 1. The van der Waals surface area contributed by atoms with E-state index in [9.17, 15) is 14.7 Å². The monoisotopic (exact) mass is 494 g/mol. The van der Waals surface area contributed by atoms with Crippen molar-refractivity contribution in [3.63, 3.8) is 0 Å². The van der Waals surface area contributed by atoms with Crippen molar-refractivity contribution in [2.24, 2.45) is 0 Å². The lowest BCUT2D eigenvalue weighted by atomic mass is 9.86. The minimum absolute atomic E-state index is 0.0139. The van der Waals surface area contributed by atoms with E-state index < -0.39 is 11.7 Å². The Hall–Kier alpha value is -2.90. The van der Waals surface area contributed by atoms with Gasteiger partial charge in [0.25, 0.3) is 0 Å². The first kappa shape index (κ1) is 26.2. The highest BCUT2D eigenvalue weighted by molar-refractivity contribution is 5.78. The zero-order chi connectivity index (χ0) is 25.7. The van der Waals surface area contributed by atoms with E-state index in [1.54, 1.807) is 4.90 Å². The second kappa shape index (κ2) is 11.4. The van der Waals surface area contributed by atoms with Crippen molar-refractivity contribution >= 4 is 12.0 Å². The van der Waals surface area contributed by atoms with Gasteiger partial charge in [0.2, 0.25) is 5.91 Å². The number of benzene rings is 2. The predicted molar refractivity (Wildman–Crippen MR) is 137 cm³/mol. The van der Waals surface area contributed by atoms with E-state index in [1.807, 2.05) is 69.3 Å². The molecular weight excluding hydrogens is 456 g/mol. The smallest absolute Gasteiger partial charge is 0.410 e. The van der Waals surface area contributed by atoms with Gasteiger partial charge in [-0.2, -0.15) is 0 Å². The Morgan fingerprint density at radius 1 is 1.11 bits per heavy atom. The summed E-state index contributed by atoms with van der Waals surface area (Å²) < 4.78 is 11.8. The summed E-state index contributed by atoms with van der Waals surface area (Å²) in [4.78, 5) is 27.8. The minimum Gasteiger partial charge on any atom is -0.444 e. The highest BCUT2D eigenvalue weighted by Gasteiger charge is 2.39. The van der Waals surface area contributed by atoms with Gasteiger partial charge in [0.05, 0.1) is 31.9 Å². The van der Waals surface area contributed by atoms with Crippen molar-refractivity contribution in [3.05, 3.63) is 70.8 Å². The third kappa shape index (κ3) is 6.86. The largest absolute Gasteiger partial charge is 0.444 e. The molecule has 7 nitrogen and oxygen atoms in total. The normalized spacial score (nSPS) is 21.7. The Bertz CT molecular complexity index is 1050. The summed E-state index contributed by atoms with van der Waals surface area (Å²) in [5.74, 6) is -0.0821. The summed E-state index contributed by atoms with van der Waals surface area (Å²) >= 11 is 0. The maximum absolute atomic E-state index is 13.2. The molecule has 2 aromatic rings. The molecule has 1 fully saturated rings. The number of nitrogens with one attached hydrogen (secondary N) is 1. The van der Waals surface area contributed by atoms with Crippen LogP contribution in [0.4, 0.5) is 4.79 Å². The SMILES string of the molecule is CC(C)(C)OC(=O)N1CC(OCc2ccccc2)C[C@H]1CC(=O)NC1CCCc2cc(CO)ccc21. The van der Waals surface area contributed by atoms with Crippen molar-refractivity contribution < 1.29 is 24.2 Å². The molecule has 2 aliphatic rings. The molecule has 3 atom stereocenters. The van der Waals surface area contributed by atoms with Crippen molar-refractivity contribution in [1.82, 2.24) is 10.2 Å². The van der Waals surface area contributed by atoms with E-state index in [-0.39, 0.29) is 37.1 Å². The van der Waals surface area contributed by atoms with Gasteiger partial charge in [0, 0.05) is 12.5 Å². The van der Waals surface area contributed by atoms with E-state index in [2.05, 4.69) is 5.32 Å². The molecule has 4 rings (SSSR count). The molecule has 1 aliphatic heterocycles. The number of fused-ring (bicyclic) bond motifs is 1. The van der Waals surface area contributed by atoms with Gasteiger partial charge in [-0.1, -0.05) is 48.5 Å². The summed E-state index contributed by atoms with van der Waals surface area (Å²) in [6.07, 6.45) is 3.01. The average molecular weight is 495 g/mol. The number of hydrogen-bond acceptors (Lipinski definition) is 5. The number of aliphatic hydroxyl groups is 1. The van der Waals surface area contributed by atoms with Crippen LogP contribution >= 0.6 is 0 Å². The second-order valence-corrected chi connectivity index (χ2v) is 10.8. The summed E-state index contributed by atoms with van der Waals surface area (Å²) in [6.45, 7) is 6.40. The maximum Gasteiger partial charge on any atom is 0.410 e. The lowest BCUT2D eigenvalue weighted by molar-refractivity contribution is -0.122. The molecule has 2 unspecified atom stereocenters. The zero-order valence-electron chi connectivity index (χ0n) is 21.5. The van der Waals surface area contributed by atoms with Crippen molar-refractivity contribution in [2.45, 2.75) is 89.9 Å². The van der Waals surface area contributed by atoms with Crippen molar-refractivity contribution in [3.8, 4) is 0 Å². The van der Waals surface area contributed by atoms with Crippen molar-refractivity contribution in [1.29, 1.82) is 0 Å². The molecule has 2 aromatic carbocycles. The van der Waals surface area contributed by atoms with E-state index in [1.165, 1.54) is 5.56 Å². The molecule has 0 spiro atoms. The third-order valence-electron chi connectivity index (χ3n) is 6.79. The van der Waals surface area contributed by atoms with Gasteiger partial charge in [-0.3, -0.25) is 4.79 Å². The van der Waals surface area contributed by atoms with Gasteiger partial charge < -0.3 is 24.8 Å². The highest BCUT2D eigenvalue weighted by atomic mass is 16.6. The molecule has 7 heteroatoms. The molecule has 36 heavy (non-hydrogen) atoms. The van der Waals surface area contributed by atoms with Crippen LogP contribution in [0.1, 0.15) is 74.8 Å². The van der Waals surface area contributed by atoms with Crippen LogP contribution < -0.4 is 5.32 Å². The van der Waals surface area contributed by atoms with E-state index in [4.69, 9.17) is 9.47 Å². The van der Waals surface area contributed by atoms with Gasteiger partial charge in [0.1, 0.15) is 5.60 Å². The van der Waals surface area contributed by atoms with Crippen LogP contribution in [0.5, 0.6) is 0 Å². The Labute approximate surface area is 213 Å². The number of carbonyl (C=O) groups excluding carboxylic acids is 2. The van der Waals surface area contributed by atoms with Gasteiger partial charge in [-0.25, -0.2) is 4.79 Å². The van der Waals surface area contributed by atoms with Gasteiger partial charge >= 0.3 is 6.09 Å². The summed E-state index contributed by atoms with van der Waals surface area (Å²) in [5.41, 5.74) is 3.64. The number of likely N-dealkylation sites (tertiary alicyclic amines) is 1. The number of carbonyl (C=O) groups is 2. The van der Waals surface area contributed by atoms with Crippen molar-refractivity contribution in [2.75, 3.05) is 6.54 Å². The average Bonchev–Trinajstić information content (AvgIpc) is 3.24. The van der Waals surface area contributed by atoms with Gasteiger partial charge in [0.15, 0.2) is 0 Å². The van der Waals surface area contributed by atoms with E-state index >= 15 is 0 Å². The molecule has 2 N–H and O–H groups in total. The van der Waals surface area contributed by atoms with Crippen LogP contribution in [0.2, 0.25) is 0 Å². The first-order valence-corrected chi connectivity index (χ1v) is 12.9. The zero-order valence-corrected chi connectivity index (χ0v) is 21.5. The van der Waals surface area contributed by atoms with Crippen LogP contribution in [-0.4, -0.2) is 46.3 Å². The number of ether oxygens (including phenoxy) is 2. The first-order valence-electron chi connectivity index (χ1n) is 12.9. The summed E-state index contributed by atoms with van der Waals surface area (Å²) in [6, 6.07) is 15.5. The molecule has 1 heterocycles. The second-order valence-electron chi connectivity index (χ2n) is 10.8. The van der Waals surface area contributed by atoms with Crippen LogP contribution in [0.25, 0.3) is 0 Å². The van der Waals surface area contributed by atoms with Gasteiger partial charge in [-0.15, -0.1) is 0 Å². The number of hydrogen-bond donors (Lipinski definition) is 2. The van der Waals surface area contributed by atoms with Crippen LogP contribution in [0.15, 0.2) is 48.5 Å². The molecule has 194 valence electrons. The topological polar surface area (TPSA) is 88.1 Å². The molecule has 1 saturated heterocycles. The fourth-order valence-corrected chi connectivity index (χ4v) is 5.10. The lowest BCUT2D eigenvalue weighted by Crippen LogP contribution is -2.42. The Balaban J connectivity index is 1.41. The standard InChI is InChI=1S/C29H38N2O5/c1-29(2,3)36-28(34)31-17-24(35-19-20-8-5-4-6-9-20)15-23(31)16-27(33)30-26-11-7-10-22-14-21(18-32)12-13-25(22)26/h4-6,8-9,12-14,23-24,26,32H,7,10-11,15-19H2,1-3H3,(H,30,33)/t23-,24?,26?/m0/s1. The molecule has 1 aliphatic carbocycles. The molecule has 0 saturated carbocycles. The third-order valence-corrected chi connectivity index (χ3v) is 6.79. The van der Waals surface area contributed by atoms with Crippen LogP contribution in [0.3, 0.4) is 0 Å². The number of aliphatic hydroxyl groups excluding tert-OH is 1. The fourth-order valence-electron chi connectivity index (χ4n) is 5.10. The summed E-state index contributed by atoms with van der Waals surface area (Å²) in [7, 11) is 0. The Morgan fingerprint density at radius 2 is 1.89 bits per heavy atom. The fraction of sp³-hybridized carbons (Fsp3) is 0.517. The molecule has 2 amide bonds. The lowest BCUT2D eigenvalue weighted by Gasteiger charge is -2.30. The quantitative estimate of drug-likeness (QED) is 0.585.